The summed E-state index contributed by atoms with van der Waals surface area (Å²) in [7, 11) is 0. The van der Waals surface area contributed by atoms with Crippen molar-refractivity contribution in [3.05, 3.63) is 128 Å². The van der Waals surface area contributed by atoms with Gasteiger partial charge in [0.25, 0.3) is 5.91 Å². The molecule has 11 heteroatoms. The molecule has 0 atom stereocenters. The second-order valence-electron chi connectivity index (χ2n) is 9.00. The highest BCUT2D eigenvalue weighted by Crippen LogP contribution is 2.34. The van der Waals surface area contributed by atoms with Crippen molar-refractivity contribution in [2.75, 3.05) is 10.6 Å². The van der Waals surface area contributed by atoms with Gasteiger partial charge in [0.1, 0.15) is 5.82 Å². The summed E-state index contributed by atoms with van der Waals surface area (Å²) in [5.41, 5.74) is 4.54. The molecule has 0 fully saturated rings. The van der Waals surface area contributed by atoms with Gasteiger partial charge in [-0.3, -0.25) is 14.4 Å². The average molecular weight is 615 g/mol. The zero-order valence-corrected chi connectivity index (χ0v) is 23.4. The second-order valence-corrected chi connectivity index (χ2v) is 9.81. The molecule has 2 N–H and O–H groups in total. The van der Waals surface area contributed by atoms with Gasteiger partial charge in [0.05, 0.1) is 51.0 Å². The Kier molecular flexibility index (Phi) is 9.64. The van der Waals surface area contributed by atoms with Crippen molar-refractivity contribution in [1.29, 1.82) is 10.5 Å². The summed E-state index contributed by atoms with van der Waals surface area (Å²) >= 11 is 11.1. The van der Waals surface area contributed by atoms with Gasteiger partial charge < -0.3 is 10.6 Å². The van der Waals surface area contributed by atoms with E-state index in [1.165, 1.54) is 30.3 Å². The number of carbonyl (C=O) groups is 3. The van der Waals surface area contributed by atoms with E-state index < -0.39 is 11.6 Å². The molecule has 43 heavy (non-hydrogen) atoms. The van der Waals surface area contributed by atoms with Crippen LogP contribution >= 0.6 is 23.2 Å². The van der Waals surface area contributed by atoms with Crippen molar-refractivity contribution >= 4 is 64.3 Å². The van der Waals surface area contributed by atoms with Crippen LogP contribution in [0, 0.1) is 34.3 Å². The molecule has 2 aliphatic rings. The van der Waals surface area contributed by atoms with Gasteiger partial charge in [-0.25, -0.2) is 8.78 Å². The number of amides is 2. The smallest absolute Gasteiger partial charge is 0.256 e. The minimum absolute atomic E-state index is 0.0000831. The summed E-state index contributed by atoms with van der Waals surface area (Å²) in [6.07, 6.45) is 2.32. The van der Waals surface area contributed by atoms with Crippen LogP contribution in [0.25, 0.3) is 11.6 Å². The number of nitriles is 2. The Morgan fingerprint density at radius 2 is 1.35 bits per heavy atom. The highest BCUT2D eigenvalue weighted by Gasteiger charge is 2.25. The molecule has 6 rings (SSSR count). The highest BCUT2D eigenvalue weighted by atomic mass is 35.5. The number of fused-ring (bicyclic) bond motifs is 2. The molecule has 4 aromatic carbocycles. The van der Waals surface area contributed by atoms with Gasteiger partial charge in [0, 0.05) is 22.4 Å². The molecule has 0 spiro atoms. The molecular formula is C32H18Cl2F2N4O3. The Morgan fingerprint density at radius 1 is 0.767 bits per heavy atom. The van der Waals surface area contributed by atoms with Crippen molar-refractivity contribution < 1.29 is 23.2 Å². The zero-order chi connectivity index (χ0) is 31.1. The summed E-state index contributed by atoms with van der Waals surface area (Å²) in [6, 6.07) is 23.0. The fourth-order valence-electron chi connectivity index (χ4n) is 4.09. The molecule has 0 aromatic heterocycles. The Morgan fingerprint density at radius 3 is 1.95 bits per heavy atom. The Hall–Kier alpha value is -5.35. The molecule has 0 unspecified atom stereocenters. The molecular weight excluding hydrogens is 597 g/mol. The van der Waals surface area contributed by atoms with Crippen molar-refractivity contribution in [1.82, 2.24) is 0 Å². The topological polar surface area (TPSA) is 123 Å². The standard InChI is InChI=1S/C16H8ClFN2O.C9H6N2O.C7H4ClFO/c17-13-3-1-2-10(15(13)18)7-12-11-5-4-9(8-19)6-14(11)20-16(12)21;10-5-6-1-2-7-4-9(12)11-8(7)3-6;8-6-3-1-2-5(4-10)7(6)9/h1-7H,(H,20,21);1-3H,4H2,(H,11,12);1-4H. The lowest BCUT2D eigenvalue weighted by Crippen LogP contribution is -2.03. The lowest BCUT2D eigenvalue weighted by Gasteiger charge is -2.01. The van der Waals surface area contributed by atoms with Crippen molar-refractivity contribution in [2.45, 2.75) is 6.42 Å². The predicted molar refractivity (Wildman–Crippen MR) is 159 cm³/mol. The number of hydrogen-bond donors (Lipinski definition) is 2. The third-order valence-corrected chi connectivity index (χ3v) is 6.77. The van der Waals surface area contributed by atoms with Gasteiger partial charge in [0.15, 0.2) is 12.1 Å². The van der Waals surface area contributed by atoms with E-state index in [0.29, 0.717) is 40.7 Å². The minimum atomic E-state index is -0.654. The van der Waals surface area contributed by atoms with Crippen LogP contribution in [-0.2, 0) is 16.0 Å². The van der Waals surface area contributed by atoms with E-state index in [0.717, 1.165) is 11.3 Å². The SMILES string of the molecule is N#Cc1ccc2c(c1)NC(=O)C2.N#Cc1ccc2c(c1)NC(=O)C2=Cc1cccc(Cl)c1F.O=Cc1cccc(Cl)c1F. The lowest BCUT2D eigenvalue weighted by molar-refractivity contribution is -0.115. The quantitative estimate of drug-likeness (QED) is 0.183. The van der Waals surface area contributed by atoms with Gasteiger partial charge in [-0.05, 0) is 54.1 Å². The summed E-state index contributed by atoms with van der Waals surface area (Å²) in [5.74, 6) is -1.56. The molecule has 4 aromatic rings. The molecule has 2 amide bonds. The molecule has 0 saturated heterocycles. The molecule has 2 heterocycles. The minimum Gasteiger partial charge on any atom is -0.325 e. The fourth-order valence-corrected chi connectivity index (χ4v) is 4.45. The number of carbonyl (C=O) groups excluding carboxylic acids is 3. The third-order valence-electron chi connectivity index (χ3n) is 6.19. The average Bonchev–Trinajstić information content (AvgIpc) is 3.54. The van der Waals surface area contributed by atoms with E-state index in [2.05, 4.69) is 10.6 Å². The maximum Gasteiger partial charge on any atom is 0.256 e. The molecule has 0 aliphatic carbocycles. The Bertz CT molecular complexity index is 1890. The van der Waals surface area contributed by atoms with Gasteiger partial charge in [-0.2, -0.15) is 10.5 Å². The van der Waals surface area contributed by atoms with Crippen LogP contribution in [0.15, 0.2) is 72.8 Å². The molecule has 0 bridgehead atoms. The number of nitrogens with zero attached hydrogens (tertiary/aromatic N) is 2. The van der Waals surface area contributed by atoms with Crippen molar-refractivity contribution in [2.24, 2.45) is 0 Å². The van der Waals surface area contributed by atoms with Gasteiger partial charge in [-0.15, -0.1) is 0 Å². The number of rotatable bonds is 2. The fraction of sp³-hybridized carbons (Fsp3) is 0.0312. The van der Waals surface area contributed by atoms with Crippen LogP contribution in [0.4, 0.5) is 20.2 Å². The van der Waals surface area contributed by atoms with Gasteiger partial charge >= 0.3 is 0 Å². The van der Waals surface area contributed by atoms with Crippen molar-refractivity contribution in [3.63, 3.8) is 0 Å². The summed E-state index contributed by atoms with van der Waals surface area (Å²) in [6.45, 7) is 0. The monoisotopic (exact) mass is 614 g/mol. The van der Waals surface area contributed by atoms with E-state index in [1.807, 2.05) is 18.2 Å². The van der Waals surface area contributed by atoms with Gasteiger partial charge in [-0.1, -0.05) is 53.5 Å². The predicted octanol–water partition coefficient (Wildman–Crippen LogP) is 7.19. The Labute approximate surface area is 254 Å². The number of hydrogen-bond acceptors (Lipinski definition) is 5. The van der Waals surface area contributed by atoms with Crippen LogP contribution in [0.3, 0.4) is 0 Å². The first-order valence-electron chi connectivity index (χ1n) is 12.4. The molecule has 0 radical (unpaired) electrons. The van der Waals surface area contributed by atoms with Crippen molar-refractivity contribution in [3.8, 4) is 12.1 Å². The molecule has 7 nitrogen and oxygen atoms in total. The molecule has 2 aliphatic heterocycles. The van der Waals surface area contributed by atoms with Crippen LogP contribution in [0.5, 0.6) is 0 Å². The first-order valence-corrected chi connectivity index (χ1v) is 13.1. The van der Waals surface area contributed by atoms with Crippen LogP contribution in [0.1, 0.15) is 38.2 Å². The number of anilines is 2. The summed E-state index contributed by atoms with van der Waals surface area (Å²) in [4.78, 5) is 33.0. The maximum atomic E-state index is 13.9. The second kappa shape index (κ2) is 13.5. The third kappa shape index (κ3) is 7.11. The highest BCUT2D eigenvalue weighted by molar-refractivity contribution is 6.35. The van der Waals surface area contributed by atoms with Crippen LogP contribution in [-0.4, -0.2) is 18.1 Å². The van der Waals surface area contributed by atoms with E-state index in [1.54, 1.807) is 42.5 Å². The first-order chi connectivity index (χ1) is 20.6. The zero-order valence-electron chi connectivity index (χ0n) is 21.9. The normalized spacial score (nSPS) is 13.1. The van der Waals surface area contributed by atoms with E-state index in [4.69, 9.17) is 33.7 Å². The molecule has 212 valence electrons. The number of aldehydes is 1. The summed E-state index contributed by atoms with van der Waals surface area (Å²) in [5, 5.41) is 22.8. The lowest BCUT2D eigenvalue weighted by atomic mass is 10.0. The number of nitrogens with one attached hydrogen (secondary N) is 2. The first kappa shape index (κ1) is 30.6. The number of halogens is 4. The Balaban J connectivity index is 0.000000163. The van der Waals surface area contributed by atoms with Crippen LogP contribution < -0.4 is 10.6 Å². The van der Waals surface area contributed by atoms with Gasteiger partial charge in [0.2, 0.25) is 5.91 Å². The van der Waals surface area contributed by atoms with Crippen LogP contribution in [0.2, 0.25) is 10.0 Å². The molecule has 0 saturated carbocycles. The van der Waals surface area contributed by atoms with E-state index in [9.17, 15) is 23.2 Å². The van der Waals surface area contributed by atoms with E-state index >= 15 is 0 Å². The van der Waals surface area contributed by atoms with E-state index in [-0.39, 0.29) is 33.0 Å². The largest absolute Gasteiger partial charge is 0.325 e. The summed E-state index contributed by atoms with van der Waals surface area (Å²) < 4.78 is 26.6. The number of benzene rings is 4. The maximum absolute atomic E-state index is 13.9.